The molecule has 0 atom stereocenters. The smallest absolute Gasteiger partial charge is 0.191 e. The maximum Gasteiger partial charge on any atom is 0.191 e. The van der Waals surface area contributed by atoms with Crippen molar-refractivity contribution in [2.24, 2.45) is 10.7 Å². The summed E-state index contributed by atoms with van der Waals surface area (Å²) in [4.78, 5) is 10.9. The molecule has 1 aromatic rings. The third-order valence-corrected chi connectivity index (χ3v) is 3.46. The van der Waals surface area contributed by atoms with Crippen molar-refractivity contribution in [3.05, 3.63) is 30.1 Å². The van der Waals surface area contributed by atoms with Gasteiger partial charge < -0.3 is 10.6 Å². The van der Waals surface area contributed by atoms with E-state index < -0.39 is 0 Å². The van der Waals surface area contributed by atoms with Crippen molar-refractivity contribution >= 4 is 5.96 Å². The molecule has 0 bridgehead atoms. The molecule has 0 saturated heterocycles. The summed E-state index contributed by atoms with van der Waals surface area (Å²) in [6, 6.07) is 6.43. The van der Waals surface area contributed by atoms with E-state index in [0.717, 1.165) is 18.7 Å². The highest BCUT2D eigenvalue weighted by molar-refractivity contribution is 5.78. The molecule has 2 N–H and O–H groups in total. The average molecular weight is 246 g/mol. The average Bonchev–Trinajstić information content (AvgIpc) is 2.90. The van der Waals surface area contributed by atoms with Gasteiger partial charge in [0.25, 0.3) is 0 Å². The maximum absolute atomic E-state index is 6.02. The Labute approximate surface area is 109 Å². The minimum absolute atomic E-state index is 0.447. The predicted octanol–water partition coefficient (Wildman–Crippen LogP) is 1.81. The van der Waals surface area contributed by atoms with E-state index in [0.29, 0.717) is 12.0 Å². The van der Waals surface area contributed by atoms with Crippen LogP contribution in [-0.2, 0) is 6.42 Å². The zero-order chi connectivity index (χ0) is 12.8. The minimum Gasteiger partial charge on any atom is -0.370 e. The van der Waals surface area contributed by atoms with Crippen LogP contribution in [0.2, 0.25) is 0 Å². The Morgan fingerprint density at radius 2 is 2.22 bits per heavy atom. The van der Waals surface area contributed by atoms with Gasteiger partial charge in [0.15, 0.2) is 5.96 Å². The van der Waals surface area contributed by atoms with Crippen LogP contribution in [0.4, 0.5) is 0 Å². The quantitative estimate of drug-likeness (QED) is 0.651. The Kier molecular flexibility index (Phi) is 4.56. The van der Waals surface area contributed by atoms with Gasteiger partial charge in [0, 0.05) is 31.9 Å². The highest BCUT2D eigenvalue weighted by Crippen LogP contribution is 2.20. The first-order valence-electron chi connectivity index (χ1n) is 6.70. The molecule has 4 heteroatoms. The zero-order valence-corrected chi connectivity index (χ0v) is 11.0. The van der Waals surface area contributed by atoms with Crippen molar-refractivity contribution in [3.8, 4) is 0 Å². The van der Waals surface area contributed by atoms with Crippen molar-refractivity contribution in [1.82, 2.24) is 9.88 Å². The summed E-state index contributed by atoms with van der Waals surface area (Å²) in [7, 11) is 2.00. The summed E-state index contributed by atoms with van der Waals surface area (Å²) < 4.78 is 0. The van der Waals surface area contributed by atoms with E-state index in [2.05, 4.69) is 9.98 Å². The third kappa shape index (κ3) is 3.72. The van der Waals surface area contributed by atoms with Crippen LogP contribution in [0, 0.1) is 0 Å². The third-order valence-electron chi connectivity index (χ3n) is 3.46. The van der Waals surface area contributed by atoms with Gasteiger partial charge in [-0.2, -0.15) is 0 Å². The summed E-state index contributed by atoms with van der Waals surface area (Å²) in [5.74, 6) is 0.665. The van der Waals surface area contributed by atoms with E-state index >= 15 is 0 Å². The molecule has 0 aliphatic heterocycles. The predicted molar refractivity (Wildman–Crippen MR) is 74.4 cm³/mol. The Balaban J connectivity index is 1.81. The molecule has 0 amide bonds. The molecular formula is C14H22N4. The van der Waals surface area contributed by atoms with E-state index in [9.17, 15) is 0 Å². The van der Waals surface area contributed by atoms with Gasteiger partial charge in [-0.3, -0.25) is 4.98 Å². The number of nitrogens with zero attached hydrogens (tertiary/aromatic N) is 3. The molecule has 0 unspecified atom stereocenters. The van der Waals surface area contributed by atoms with Gasteiger partial charge in [0.1, 0.15) is 0 Å². The highest BCUT2D eigenvalue weighted by Gasteiger charge is 2.14. The van der Waals surface area contributed by atoms with Crippen molar-refractivity contribution in [1.29, 1.82) is 0 Å². The normalized spacial score (nSPS) is 17.1. The van der Waals surface area contributed by atoms with Crippen LogP contribution in [0.15, 0.2) is 29.4 Å². The van der Waals surface area contributed by atoms with Gasteiger partial charge in [-0.1, -0.05) is 18.9 Å². The second kappa shape index (κ2) is 6.38. The van der Waals surface area contributed by atoms with Gasteiger partial charge in [0.2, 0.25) is 0 Å². The number of guanidine groups is 1. The molecule has 4 nitrogen and oxygen atoms in total. The lowest BCUT2D eigenvalue weighted by Crippen LogP contribution is -2.36. The fourth-order valence-corrected chi connectivity index (χ4v) is 2.26. The fraction of sp³-hybridized carbons (Fsp3) is 0.571. The monoisotopic (exact) mass is 246 g/mol. The summed E-state index contributed by atoms with van der Waals surface area (Å²) in [6.07, 6.45) is 7.69. The summed E-state index contributed by atoms with van der Waals surface area (Å²) in [5, 5.41) is 0. The topological polar surface area (TPSA) is 54.5 Å². The molecule has 0 aromatic carbocycles. The van der Waals surface area contributed by atoms with E-state index in [4.69, 9.17) is 5.73 Å². The molecule has 18 heavy (non-hydrogen) atoms. The lowest BCUT2D eigenvalue weighted by Gasteiger charge is -2.19. The van der Waals surface area contributed by atoms with Crippen molar-refractivity contribution in [3.63, 3.8) is 0 Å². The summed E-state index contributed by atoms with van der Waals surface area (Å²) in [5.41, 5.74) is 7.11. The summed E-state index contributed by atoms with van der Waals surface area (Å²) >= 11 is 0. The number of aliphatic imine (C=N–C) groups is 1. The number of rotatable bonds is 4. The lowest BCUT2D eigenvalue weighted by molar-refractivity contribution is 0.491. The molecule has 1 fully saturated rings. The molecule has 98 valence electrons. The molecule has 0 spiro atoms. The molecule has 2 rings (SSSR count). The second-order valence-electron chi connectivity index (χ2n) is 4.92. The number of pyridine rings is 1. The van der Waals surface area contributed by atoms with Crippen LogP contribution in [-0.4, -0.2) is 35.5 Å². The number of hydrogen-bond donors (Lipinski definition) is 1. The molecule has 1 heterocycles. The standard InChI is InChI=1S/C14H22N4/c1-18(11-9-12-6-4-5-10-16-12)14(15)17-13-7-2-3-8-13/h4-6,10,13H,2-3,7-9,11H2,1H3,(H2,15,17). The fourth-order valence-electron chi connectivity index (χ4n) is 2.26. The Hall–Kier alpha value is -1.58. The summed E-state index contributed by atoms with van der Waals surface area (Å²) in [6.45, 7) is 0.860. The van der Waals surface area contributed by atoms with Crippen molar-refractivity contribution in [2.75, 3.05) is 13.6 Å². The van der Waals surface area contributed by atoms with E-state index in [1.807, 2.05) is 36.3 Å². The van der Waals surface area contributed by atoms with Crippen LogP contribution >= 0.6 is 0 Å². The van der Waals surface area contributed by atoms with Crippen LogP contribution in [0.1, 0.15) is 31.4 Å². The Bertz CT molecular complexity index is 382. The largest absolute Gasteiger partial charge is 0.370 e. The molecular weight excluding hydrogens is 224 g/mol. The van der Waals surface area contributed by atoms with E-state index in [-0.39, 0.29) is 0 Å². The SMILES string of the molecule is CN(CCc1ccccn1)C(N)=NC1CCCC1. The Morgan fingerprint density at radius 1 is 1.44 bits per heavy atom. The van der Waals surface area contributed by atoms with E-state index in [1.165, 1.54) is 25.7 Å². The zero-order valence-electron chi connectivity index (χ0n) is 11.0. The van der Waals surface area contributed by atoms with Gasteiger partial charge in [0.05, 0.1) is 6.04 Å². The molecule has 1 aliphatic carbocycles. The van der Waals surface area contributed by atoms with Gasteiger partial charge in [-0.25, -0.2) is 4.99 Å². The second-order valence-corrected chi connectivity index (χ2v) is 4.92. The Morgan fingerprint density at radius 3 is 2.89 bits per heavy atom. The highest BCUT2D eigenvalue weighted by atomic mass is 15.2. The van der Waals surface area contributed by atoms with Crippen LogP contribution in [0.5, 0.6) is 0 Å². The first-order chi connectivity index (χ1) is 8.75. The van der Waals surface area contributed by atoms with E-state index in [1.54, 1.807) is 0 Å². The van der Waals surface area contributed by atoms with Crippen molar-refractivity contribution < 1.29 is 0 Å². The van der Waals surface area contributed by atoms with Crippen molar-refractivity contribution in [2.45, 2.75) is 38.1 Å². The first kappa shape index (κ1) is 12.9. The number of likely N-dealkylation sites (N-methyl/N-ethyl adjacent to an activating group) is 1. The first-order valence-corrected chi connectivity index (χ1v) is 6.70. The van der Waals surface area contributed by atoms with Gasteiger partial charge in [-0.15, -0.1) is 0 Å². The molecule has 1 saturated carbocycles. The van der Waals surface area contributed by atoms with Crippen LogP contribution in [0.3, 0.4) is 0 Å². The van der Waals surface area contributed by atoms with Crippen LogP contribution in [0.25, 0.3) is 0 Å². The molecule has 1 aromatic heterocycles. The van der Waals surface area contributed by atoms with Gasteiger partial charge >= 0.3 is 0 Å². The minimum atomic E-state index is 0.447. The number of hydrogen-bond acceptors (Lipinski definition) is 2. The van der Waals surface area contributed by atoms with Crippen LogP contribution < -0.4 is 5.73 Å². The molecule has 1 aliphatic rings. The molecule has 0 radical (unpaired) electrons. The number of nitrogens with two attached hydrogens (primary N) is 1. The maximum atomic E-state index is 6.02. The number of aromatic nitrogens is 1. The van der Waals surface area contributed by atoms with Gasteiger partial charge in [-0.05, 0) is 25.0 Å². The lowest BCUT2D eigenvalue weighted by atomic mass is 10.2.